The predicted molar refractivity (Wildman–Crippen MR) is 262 cm³/mol. The van der Waals surface area contributed by atoms with Crippen LogP contribution in [0.4, 0.5) is 0 Å². The molecule has 13 heteroatoms. The van der Waals surface area contributed by atoms with E-state index in [4.69, 9.17) is 18.9 Å². The lowest BCUT2D eigenvalue weighted by atomic mass is 9.99. The topological polar surface area (TPSA) is 178 Å². The number of allylic oxidation sites excluding steroid dienone is 6. The van der Waals surface area contributed by atoms with E-state index in [1.165, 1.54) is 135 Å². The van der Waals surface area contributed by atoms with E-state index in [1.54, 1.807) is 0 Å². The van der Waals surface area contributed by atoms with Crippen LogP contribution in [0.1, 0.15) is 226 Å². The third-order valence-electron chi connectivity index (χ3n) is 12.0. The number of esters is 1. The van der Waals surface area contributed by atoms with Gasteiger partial charge in [0.25, 0.3) is 0 Å². The molecule has 1 aliphatic rings. The molecule has 0 radical (unpaired) electrons. The van der Waals surface area contributed by atoms with E-state index < -0.39 is 59.8 Å². The van der Waals surface area contributed by atoms with Gasteiger partial charge in [-0.1, -0.05) is 185 Å². The molecule has 6 atom stereocenters. The van der Waals surface area contributed by atoms with Crippen LogP contribution in [0.5, 0.6) is 0 Å². The van der Waals surface area contributed by atoms with Crippen molar-refractivity contribution in [2.75, 3.05) is 26.4 Å². The molecule has 382 valence electrons. The molecule has 0 aromatic heterocycles. The number of hydrogen-bond donors (Lipinski definition) is 4. The summed E-state index contributed by atoms with van der Waals surface area (Å²) in [7, 11) is -5.06. The second-order valence-electron chi connectivity index (χ2n) is 18.1. The van der Waals surface area contributed by atoms with Crippen molar-refractivity contribution >= 4 is 16.4 Å². The van der Waals surface area contributed by atoms with Crippen LogP contribution in [0, 0.1) is 0 Å². The second kappa shape index (κ2) is 43.6. The van der Waals surface area contributed by atoms with Gasteiger partial charge in [0.05, 0.1) is 19.8 Å². The lowest BCUT2D eigenvalue weighted by molar-refractivity contribution is -0.301. The standard InChI is InChI=1S/C52H96O12S/c1-3-5-7-9-11-13-15-17-19-20-21-22-23-24-25-26-27-28-30-32-34-36-38-40-42-60-44-46(45-61-52-50(56)51(64-65(57,58)59)49(55)47(43-53)63-52)62-48(54)41-39-37-35-33-31-29-18-16-14-12-10-8-6-4-2/h15-18,20-21,46-47,49-53,55-56H,3-14,19,22-45H2,1-2H3,(H,57,58,59)/b17-15-,18-16-,21-20-. The van der Waals surface area contributed by atoms with Crippen molar-refractivity contribution in [3.05, 3.63) is 36.5 Å². The fourth-order valence-corrected chi connectivity index (χ4v) is 8.50. The lowest BCUT2D eigenvalue weighted by Crippen LogP contribution is -2.60. The molecule has 0 aromatic carbocycles. The van der Waals surface area contributed by atoms with Crippen molar-refractivity contribution in [1.82, 2.24) is 0 Å². The quantitative estimate of drug-likeness (QED) is 0.0197. The molecule has 65 heavy (non-hydrogen) atoms. The van der Waals surface area contributed by atoms with Crippen LogP contribution >= 0.6 is 0 Å². The van der Waals surface area contributed by atoms with Gasteiger partial charge in [0, 0.05) is 13.0 Å². The van der Waals surface area contributed by atoms with Gasteiger partial charge in [0.2, 0.25) is 0 Å². The van der Waals surface area contributed by atoms with Crippen LogP contribution in [0.15, 0.2) is 36.5 Å². The first-order valence-corrected chi connectivity index (χ1v) is 27.6. The average molecular weight is 945 g/mol. The Kier molecular flexibility index (Phi) is 41.1. The molecule has 0 bridgehead atoms. The second-order valence-corrected chi connectivity index (χ2v) is 19.2. The number of rotatable bonds is 46. The SMILES string of the molecule is CCCCCCC/C=C\C/C=C\CCCCCCCCCCCCCCOCC(COC1OC(CO)C(O)C(OS(=O)(=O)O)C1O)OC(=O)CCCCCCC/C=C\CCCCCCC. The maximum absolute atomic E-state index is 12.9. The van der Waals surface area contributed by atoms with Gasteiger partial charge in [-0.25, -0.2) is 4.18 Å². The Labute approximate surface area is 396 Å². The summed E-state index contributed by atoms with van der Waals surface area (Å²) < 4.78 is 59.2. The van der Waals surface area contributed by atoms with Crippen molar-refractivity contribution in [1.29, 1.82) is 0 Å². The molecule has 0 aromatic rings. The van der Waals surface area contributed by atoms with Crippen molar-refractivity contribution < 1.29 is 56.2 Å². The molecule has 0 spiro atoms. The Bertz CT molecular complexity index is 1270. The number of ether oxygens (including phenoxy) is 4. The minimum atomic E-state index is -5.06. The molecule has 6 unspecified atom stereocenters. The highest BCUT2D eigenvalue weighted by atomic mass is 32.3. The third kappa shape index (κ3) is 37.0. The maximum Gasteiger partial charge on any atom is 0.397 e. The van der Waals surface area contributed by atoms with E-state index >= 15 is 0 Å². The number of carbonyl (C=O) groups is 1. The van der Waals surface area contributed by atoms with E-state index in [-0.39, 0.29) is 19.6 Å². The van der Waals surface area contributed by atoms with Gasteiger partial charge >= 0.3 is 16.4 Å². The van der Waals surface area contributed by atoms with Crippen LogP contribution in [-0.2, 0) is 38.3 Å². The molecule has 0 amide bonds. The Balaban J connectivity index is 2.32. The van der Waals surface area contributed by atoms with Crippen LogP contribution in [0.3, 0.4) is 0 Å². The maximum atomic E-state index is 12.9. The number of aliphatic hydroxyl groups excluding tert-OH is 3. The minimum Gasteiger partial charge on any atom is -0.457 e. The lowest BCUT2D eigenvalue weighted by Gasteiger charge is -2.41. The molecule has 0 aliphatic carbocycles. The number of carbonyl (C=O) groups excluding carboxylic acids is 1. The summed E-state index contributed by atoms with van der Waals surface area (Å²) in [6, 6.07) is 0. The molecular formula is C52H96O12S. The average Bonchev–Trinajstić information content (AvgIpc) is 3.28. The molecule has 1 heterocycles. The monoisotopic (exact) mass is 945 g/mol. The Hall–Kier alpha value is -1.68. The number of hydrogen-bond acceptors (Lipinski definition) is 11. The highest BCUT2D eigenvalue weighted by molar-refractivity contribution is 7.80. The smallest absolute Gasteiger partial charge is 0.397 e. The van der Waals surface area contributed by atoms with Gasteiger partial charge in [0.15, 0.2) is 6.29 Å². The van der Waals surface area contributed by atoms with E-state index in [0.717, 1.165) is 64.2 Å². The first-order valence-electron chi connectivity index (χ1n) is 26.2. The predicted octanol–water partition coefficient (Wildman–Crippen LogP) is 12.1. The number of aliphatic hydroxyl groups is 3. The molecule has 0 saturated carbocycles. The van der Waals surface area contributed by atoms with Gasteiger partial charge in [0.1, 0.15) is 30.5 Å². The molecule has 1 rings (SSSR count). The molecule has 1 fully saturated rings. The third-order valence-corrected chi connectivity index (χ3v) is 12.5. The zero-order valence-corrected chi connectivity index (χ0v) is 41.9. The van der Waals surface area contributed by atoms with Crippen LogP contribution in [-0.4, -0.2) is 97.5 Å². The summed E-state index contributed by atoms with van der Waals surface area (Å²) in [6.07, 6.45) is 43.2. The summed E-state index contributed by atoms with van der Waals surface area (Å²) in [5, 5.41) is 30.7. The Morgan fingerprint density at radius 1 is 0.585 bits per heavy atom. The van der Waals surface area contributed by atoms with Gasteiger partial charge in [-0.05, 0) is 70.6 Å². The van der Waals surface area contributed by atoms with Crippen molar-refractivity contribution in [2.45, 2.75) is 263 Å². The highest BCUT2D eigenvalue weighted by Crippen LogP contribution is 2.26. The van der Waals surface area contributed by atoms with Crippen LogP contribution in [0.2, 0.25) is 0 Å². The van der Waals surface area contributed by atoms with E-state index in [1.807, 2.05) is 0 Å². The first kappa shape index (κ1) is 61.3. The zero-order chi connectivity index (χ0) is 47.5. The fraction of sp³-hybridized carbons (Fsp3) is 0.865. The van der Waals surface area contributed by atoms with Crippen molar-refractivity contribution in [3.63, 3.8) is 0 Å². The summed E-state index contributed by atoms with van der Waals surface area (Å²) in [5.74, 6) is -0.407. The Morgan fingerprint density at radius 3 is 1.48 bits per heavy atom. The fourth-order valence-electron chi connectivity index (χ4n) is 7.99. The van der Waals surface area contributed by atoms with Crippen LogP contribution < -0.4 is 0 Å². The molecule has 1 aliphatic heterocycles. The molecular weight excluding hydrogens is 849 g/mol. The summed E-state index contributed by atoms with van der Waals surface area (Å²) in [5.41, 5.74) is 0. The summed E-state index contributed by atoms with van der Waals surface area (Å²) in [6.45, 7) is 3.98. The zero-order valence-electron chi connectivity index (χ0n) is 41.1. The van der Waals surface area contributed by atoms with Gasteiger partial charge in [-0.2, -0.15) is 8.42 Å². The van der Waals surface area contributed by atoms with Gasteiger partial charge in [-0.3, -0.25) is 9.35 Å². The molecule has 12 nitrogen and oxygen atoms in total. The summed E-state index contributed by atoms with van der Waals surface area (Å²) in [4.78, 5) is 12.9. The van der Waals surface area contributed by atoms with E-state index in [2.05, 4.69) is 54.5 Å². The minimum absolute atomic E-state index is 0.0332. The van der Waals surface area contributed by atoms with Gasteiger partial charge < -0.3 is 34.3 Å². The van der Waals surface area contributed by atoms with E-state index in [9.17, 15) is 33.1 Å². The molecule has 1 saturated heterocycles. The highest BCUT2D eigenvalue weighted by Gasteiger charge is 2.48. The largest absolute Gasteiger partial charge is 0.457 e. The van der Waals surface area contributed by atoms with Crippen molar-refractivity contribution in [3.8, 4) is 0 Å². The first-order chi connectivity index (χ1) is 31.6. The van der Waals surface area contributed by atoms with E-state index in [0.29, 0.717) is 13.0 Å². The Morgan fingerprint density at radius 2 is 1.02 bits per heavy atom. The number of unbranched alkanes of at least 4 members (excludes halogenated alkanes) is 27. The summed E-state index contributed by atoms with van der Waals surface area (Å²) >= 11 is 0. The van der Waals surface area contributed by atoms with Gasteiger partial charge in [-0.15, -0.1) is 0 Å². The molecule has 4 N–H and O–H groups in total. The normalized spacial score (nSPS) is 19.9. The van der Waals surface area contributed by atoms with Crippen molar-refractivity contribution in [2.24, 2.45) is 0 Å². The van der Waals surface area contributed by atoms with Crippen LogP contribution in [0.25, 0.3) is 0 Å².